The predicted octanol–water partition coefficient (Wildman–Crippen LogP) is 1.44. The van der Waals surface area contributed by atoms with Crippen LogP contribution in [0.1, 0.15) is 18.4 Å². The summed E-state index contributed by atoms with van der Waals surface area (Å²) in [5.74, 6) is 0.262. The van der Waals surface area contributed by atoms with E-state index in [1.165, 1.54) is 0 Å². The minimum atomic E-state index is 0.262. The van der Waals surface area contributed by atoms with E-state index in [1.54, 1.807) is 0 Å². The van der Waals surface area contributed by atoms with Crippen molar-refractivity contribution in [1.82, 2.24) is 10.2 Å². The third-order valence-electron chi connectivity index (χ3n) is 3.11. The fourth-order valence-electron chi connectivity index (χ4n) is 2.16. The number of rotatable bonds is 2. The molecule has 0 atom stereocenters. The molecule has 0 spiro atoms. The van der Waals surface area contributed by atoms with Crippen molar-refractivity contribution in [3.05, 3.63) is 35.9 Å². The maximum atomic E-state index is 12.1. The number of nitrogens with zero attached hydrogens (tertiary/aromatic N) is 1. The lowest BCUT2D eigenvalue weighted by atomic mass is 10.1. The van der Waals surface area contributed by atoms with Crippen molar-refractivity contribution in [2.75, 3.05) is 26.2 Å². The van der Waals surface area contributed by atoms with Gasteiger partial charge in [-0.05, 0) is 31.5 Å². The van der Waals surface area contributed by atoms with Crippen LogP contribution in [0.25, 0.3) is 0 Å². The molecule has 0 unspecified atom stereocenters. The molecule has 1 aromatic rings. The van der Waals surface area contributed by atoms with Gasteiger partial charge in [-0.1, -0.05) is 30.3 Å². The van der Waals surface area contributed by atoms with Gasteiger partial charge in [0.05, 0.1) is 6.42 Å². The van der Waals surface area contributed by atoms with Crippen LogP contribution in [0.2, 0.25) is 0 Å². The molecule has 1 amide bonds. The van der Waals surface area contributed by atoms with Crippen molar-refractivity contribution < 1.29 is 4.79 Å². The highest BCUT2D eigenvalue weighted by molar-refractivity contribution is 5.78. The van der Waals surface area contributed by atoms with Gasteiger partial charge in [-0.2, -0.15) is 0 Å². The van der Waals surface area contributed by atoms with Gasteiger partial charge < -0.3 is 10.2 Å². The first-order valence-corrected chi connectivity index (χ1v) is 6.39. The number of hydrogen-bond acceptors (Lipinski definition) is 2. The van der Waals surface area contributed by atoms with Gasteiger partial charge >= 0.3 is 0 Å². The number of carbonyl (C=O) groups is 1. The molecule has 1 fully saturated rings. The highest BCUT2D eigenvalue weighted by Gasteiger charge is 2.14. The molecular formula is C14H20N2O. The Hall–Kier alpha value is -1.35. The molecule has 3 heteroatoms. The van der Waals surface area contributed by atoms with Gasteiger partial charge in [-0.15, -0.1) is 0 Å². The van der Waals surface area contributed by atoms with Crippen LogP contribution in [0.5, 0.6) is 0 Å². The van der Waals surface area contributed by atoms with Crippen molar-refractivity contribution in [2.45, 2.75) is 19.3 Å². The van der Waals surface area contributed by atoms with Gasteiger partial charge in [0.2, 0.25) is 5.91 Å². The molecule has 0 bridgehead atoms. The lowest BCUT2D eigenvalue weighted by Crippen LogP contribution is -2.38. The Balaban J connectivity index is 1.89. The topological polar surface area (TPSA) is 32.3 Å². The van der Waals surface area contributed by atoms with Crippen molar-refractivity contribution in [3.63, 3.8) is 0 Å². The predicted molar refractivity (Wildman–Crippen MR) is 68.8 cm³/mol. The monoisotopic (exact) mass is 232 g/mol. The standard InChI is InChI=1S/C14H20N2O/c17-14(12-13-6-2-1-3-7-13)16-10-4-8-15-9-5-11-16/h1-3,6-7,15H,4-5,8-12H2. The molecule has 3 nitrogen and oxygen atoms in total. The van der Waals surface area contributed by atoms with Gasteiger partial charge in [0.25, 0.3) is 0 Å². The summed E-state index contributed by atoms with van der Waals surface area (Å²) < 4.78 is 0. The summed E-state index contributed by atoms with van der Waals surface area (Å²) in [7, 11) is 0. The second-order valence-electron chi connectivity index (χ2n) is 4.50. The smallest absolute Gasteiger partial charge is 0.226 e. The summed E-state index contributed by atoms with van der Waals surface area (Å²) in [4.78, 5) is 14.1. The van der Waals surface area contributed by atoms with E-state index in [2.05, 4.69) is 5.32 Å². The van der Waals surface area contributed by atoms with Crippen molar-refractivity contribution >= 4 is 5.91 Å². The number of benzene rings is 1. The molecule has 17 heavy (non-hydrogen) atoms. The first-order chi connectivity index (χ1) is 8.36. The average Bonchev–Trinajstić information content (AvgIpc) is 2.29. The van der Waals surface area contributed by atoms with E-state index in [9.17, 15) is 4.79 Å². The second kappa shape index (κ2) is 6.40. The largest absolute Gasteiger partial charge is 0.342 e. The lowest BCUT2D eigenvalue weighted by Gasteiger charge is -2.25. The van der Waals surface area contributed by atoms with Gasteiger partial charge in [0.15, 0.2) is 0 Å². The zero-order valence-electron chi connectivity index (χ0n) is 10.2. The zero-order valence-corrected chi connectivity index (χ0v) is 10.2. The summed E-state index contributed by atoms with van der Waals surface area (Å²) in [6, 6.07) is 9.99. The molecular weight excluding hydrogens is 212 g/mol. The molecule has 1 aliphatic rings. The summed E-state index contributed by atoms with van der Waals surface area (Å²) in [5, 5.41) is 3.36. The molecule has 1 heterocycles. The van der Waals surface area contributed by atoms with Crippen molar-refractivity contribution in [2.24, 2.45) is 0 Å². The third kappa shape index (κ3) is 3.86. The number of nitrogens with one attached hydrogen (secondary N) is 1. The molecule has 2 rings (SSSR count). The third-order valence-corrected chi connectivity index (χ3v) is 3.11. The minimum absolute atomic E-state index is 0.262. The minimum Gasteiger partial charge on any atom is -0.342 e. The van der Waals surface area contributed by atoms with E-state index in [1.807, 2.05) is 35.2 Å². The molecule has 92 valence electrons. The number of amides is 1. The first kappa shape index (κ1) is 12.1. The molecule has 1 saturated heterocycles. The Bertz CT molecular complexity index is 342. The van der Waals surface area contributed by atoms with Gasteiger partial charge in [-0.25, -0.2) is 0 Å². The Morgan fingerprint density at radius 1 is 1.12 bits per heavy atom. The fourth-order valence-corrected chi connectivity index (χ4v) is 2.16. The van der Waals surface area contributed by atoms with Gasteiger partial charge in [0.1, 0.15) is 0 Å². The summed E-state index contributed by atoms with van der Waals surface area (Å²) in [5.41, 5.74) is 1.11. The molecule has 1 aromatic carbocycles. The number of carbonyl (C=O) groups excluding carboxylic acids is 1. The number of hydrogen-bond donors (Lipinski definition) is 1. The fraction of sp³-hybridized carbons (Fsp3) is 0.500. The van der Waals surface area contributed by atoms with Crippen LogP contribution in [0.15, 0.2) is 30.3 Å². The van der Waals surface area contributed by atoms with E-state index in [0.29, 0.717) is 6.42 Å². The molecule has 1 N–H and O–H groups in total. The highest BCUT2D eigenvalue weighted by Crippen LogP contribution is 2.05. The SMILES string of the molecule is O=C(Cc1ccccc1)N1CCCNCCC1. The Morgan fingerprint density at radius 3 is 2.41 bits per heavy atom. The summed E-state index contributed by atoms with van der Waals surface area (Å²) in [6.45, 7) is 3.82. The van der Waals surface area contributed by atoms with Gasteiger partial charge in [-0.3, -0.25) is 4.79 Å². The molecule has 0 saturated carbocycles. The summed E-state index contributed by atoms with van der Waals surface area (Å²) in [6.07, 6.45) is 2.65. The second-order valence-corrected chi connectivity index (χ2v) is 4.50. The van der Waals surface area contributed by atoms with Crippen molar-refractivity contribution in [3.8, 4) is 0 Å². The maximum absolute atomic E-state index is 12.1. The molecule has 1 aliphatic heterocycles. The van der Waals surface area contributed by atoms with Crippen LogP contribution in [0.4, 0.5) is 0 Å². The molecule has 0 aliphatic carbocycles. The van der Waals surface area contributed by atoms with Gasteiger partial charge in [0, 0.05) is 13.1 Å². The summed E-state index contributed by atoms with van der Waals surface area (Å²) >= 11 is 0. The first-order valence-electron chi connectivity index (χ1n) is 6.39. The van der Waals surface area contributed by atoms with E-state index >= 15 is 0 Å². The van der Waals surface area contributed by atoms with Crippen LogP contribution in [0, 0.1) is 0 Å². The van der Waals surface area contributed by atoms with E-state index < -0.39 is 0 Å². The van der Waals surface area contributed by atoms with E-state index in [-0.39, 0.29) is 5.91 Å². The Morgan fingerprint density at radius 2 is 1.76 bits per heavy atom. The van der Waals surface area contributed by atoms with Crippen LogP contribution in [-0.4, -0.2) is 37.0 Å². The maximum Gasteiger partial charge on any atom is 0.226 e. The molecule has 0 radical (unpaired) electrons. The lowest BCUT2D eigenvalue weighted by molar-refractivity contribution is -0.130. The zero-order chi connectivity index (χ0) is 11.9. The highest BCUT2D eigenvalue weighted by atomic mass is 16.2. The van der Waals surface area contributed by atoms with Crippen LogP contribution >= 0.6 is 0 Å². The Kier molecular flexibility index (Phi) is 4.56. The Labute approximate surface area is 103 Å². The quantitative estimate of drug-likeness (QED) is 0.837. The van der Waals surface area contributed by atoms with Crippen LogP contribution in [-0.2, 0) is 11.2 Å². The molecule has 0 aromatic heterocycles. The van der Waals surface area contributed by atoms with Crippen LogP contribution in [0.3, 0.4) is 0 Å². The van der Waals surface area contributed by atoms with E-state index in [4.69, 9.17) is 0 Å². The van der Waals surface area contributed by atoms with E-state index in [0.717, 1.165) is 44.6 Å². The van der Waals surface area contributed by atoms with Crippen molar-refractivity contribution in [1.29, 1.82) is 0 Å². The van der Waals surface area contributed by atoms with Crippen LogP contribution < -0.4 is 5.32 Å². The normalized spacial score (nSPS) is 17.3. The average molecular weight is 232 g/mol.